The molecule has 24 heavy (non-hydrogen) atoms. The van der Waals surface area contributed by atoms with E-state index in [1.807, 2.05) is 13.8 Å². The van der Waals surface area contributed by atoms with Crippen LogP contribution in [0.5, 0.6) is 11.5 Å². The van der Waals surface area contributed by atoms with E-state index in [9.17, 15) is 4.57 Å². The number of rotatable bonds is 11. The Balaban J connectivity index is 3.02. The van der Waals surface area contributed by atoms with E-state index in [1.54, 1.807) is 31.2 Å². The minimum absolute atomic E-state index is 0.0127. The van der Waals surface area contributed by atoms with Gasteiger partial charge in [-0.2, -0.15) is 0 Å². The lowest BCUT2D eigenvalue weighted by atomic mass is 10.3. The first-order chi connectivity index (χ1) is 11.4. The lowest BCUT2D eigenvalue weighted by molar-refractivity contribution is 0.235. The van der Waals surface area contributed by atoms with Gasteiger partial charge in [0.15, 0.2) is 0 Å². The van der Waals surface area contributed by atoms with Crippen molar-refractivity contribution in [1.29, 1.82) is 0 Å². The summed E-state index contributed by atoms with van der Waals surface area (Å²) in [5, 5.41) is 0. The van der Waals surface area contributed by atoms with Gasteiger partial charge in [-0.05, 0) is 44.5 Å². The highest BCUT2D eigenvalue weighted by Crippen LogP contribution is 2.52. The molecule has 0 spiro atoms. The van der Waals surface area contributed by atoms with Crippen LogP contribution in [0.15, 0.2) is 35.0 Å². The summed E-state index contributed by atoms with van der Waals surface area (Å²) in [5.41, 5.74) is 0. The normalized spacial score (nSPS) is 13.0. The molecule has 1 aromatic carbocycles. The maximum Gasteiger partial charge on any atom is 0.488 e. The highest BCUT2D eigenvalue weighted by Gasteiger charge is 2.33. The second-order valence-corrected chi connectivity index (χ2v) is 7.72. The van der Waals surface area contributed by atoms with Gasteiger partial charge < -0.3 is 9.26 Å². The lowest BCUT2D eigenvalue weighted by Gasteiger charge is -2.28. The number of hydrogen-bond acceptors (Lipinski definition) is 4. The summed E-state index contributed by atoms with van der Waals surface area (Å²) < 4.78 is 31.1. The second kappa shape index (κ2) is 10.9. The van der Waals surface area contributed by atoms with E-state index in [1.165, 1.54) is 10.9 Å². The van der Waals surface area contributed by atoms with Gasteiger partial charge in [0, 0.05) is 12.7 Å². The van der Waals surface area contributed by atoms with Gasteiger partial charge in [-0.25, -0.2) is 4.57 Å². The molecule has 1 atom stereocenters. The second-order valence-electron chi connectivity index (χ2n) is 4.82. The first-order valence-corrected chi connectivity index (χ1v) is 10.2. The van der Waals surface area contributed by atoms with Crippen molar-refractivity contribution in [3.63, 3.8) is 0 Å². The molecule has 8 heteroatoms. The van der Waals surface area contributed by atoms with Gasteiger partial charge >= 0.3 is 7.75 Å². The number of benzene rings is 1. The number of hydrogen-bond donors (Lipinski definition) is 0. The number of ether oxygens (including phenoxy) is 1. The molecule has 136 valence electrons. The molecule has 0 fully saturated rings. The Morgan fingerprint density at radius 3 is 2.25 bits per heavy atom. The first kappa shape index (κ1) is 21.2. The van der Waals surface area contributed by atoms with E-state index >= 15 is 0 Å². The molecular formula is C16H24Cl2NO4P. The van der Waals surface area contributed by atoms with Crippen LogP contribution in [0, 0.1) is 0 Å². The molecule has 0 aliphatic carbocycles. The lowest BCUT2D eigenvalue weighted by Crippen LogP contribution is -2.21. The predicted octanol–water partition coefficient (Wildman–Crippen LogP) is 5.99. The summed E-state index contributed by atoms with van der Waals surface area (Å²) in [6.45, 7) is 6.93. The van der Waals surface area contributed by atoms with Crippen LogP contribution in [0.4, 0.5) is 0 Å². The zero-order chi connectivity index (χ0) is 18.0. The Hall–Kier alpha value is -0.870. The molecule has 0 saturated heterocycles. The molecule has 0 saturated carbocycles. The monoisotopic (exact) mass is 395 g/mol. The molecule has 0 unspecified atom stereocenters. The summed E-state index contributed by atoms with van der Waals surface area (Å²) in [6.07, 6.45) is 3.09. The molecule has 0 aliphatic rings. The molecular weight excluding hydrogens is 372 g/mol. The van der Waals surface area contributed by atoms with Crippen LogP contribution < -0.4 is 9.26 Å². The van der Waals surface area contributed by atoms with Crippen molar-refractivity contribution >= 4 is 30.9 Å². The van der Waals surface area contributed by atoms with Gasteiger partial charge in [-0.1, -0.05) is 36.5 Å². The van der Waals surface area contributed by atoms with Gasteiger partial charge in [-0.15, -0.1) is 0 Å². The van der Waals surface area contributed by atoms with Gasteiger partial charge in [0.05, 0.1) is 13.2 Å². The maximum atomic E-state index is 13.2. The molecule has 0 bridgehead atoms. The van der Waals surface area contributed by atoms with E-state index < -0.39 is 7.75 Å². The van der Waals surface area contributed by atoms with Crippen LogP contribution >= 0.6 is 30.9 Å². The van der Waals surface area contributed by atoms with Crippen molar-refractivity contribution in [3.8, 4) is 11.5 Å². The topological polar surface area (TPSA) is 48.0 Å². The van der Waals surface area contributed by atoms with Crippen LogP contribution in [0.2, 0.25) is 0 Å². The molecule has 0 amide bonds. The number of halogens is 2. The van der Waals surface area contributed by atoms with Crippen molar-refractivity contribution in [2.24, 2.45) is 0 Å². The van der Waals surface area contributed by atoms with Crippen molar-refractivity contribution in [3.05, 3.63) is 35.0 Å². The quantitative estimate of drug-likeness (QED) is 0.430. The third-order valence-corrected chi connectivity index (χ3v) is 5.12. The van der Waals surface area contributed by atoms with Crippen LogP contribution in [-0.2, 0) is 9.09 Å². The zero-order valence-corrected chi connectivity index (χ0v) is 16.6. The average molecular weight is 396 g/mol. The molecule has 5 nitrogen and oxygen atoms in total. The van der Waals surface area contributed by atoms with E-state index in [2.05, 4.69) is 0 Å². The smallest absolute Gasteiger partial charge is 0.488 e. The summed E-state index contributed by atoms with van der Waals surface area (Å²) >= 11 is 11.5. The predicted molar refractivity (Wildman–Crippen MR) is 98.9 cm³/mol. The van der Waals surface area contributed by atoms with E-state index in [-0.39, 0.29) is 11.1 Å². The van der Waals surface area contributed by atoms with E-state index in [4.69, 9.17) is 37.0 Å². The van der Waals surface area contributed by atoms with Gasteiger partial charge in [0.2, 0.25) is 0 Å². The van der Waals surface area contributed by atoms with E-state index in [0.717, 1.165) is 12.8 Å². The Kier molecular flexibility index (Phi) is 9.60. The van der Waals surface area contributed by atoms with Crippen molar-refractivity contribution in [2.75, 3.05) is 19.8 Å². The molecule has 1 rings (SSSR count). The van der Waals surface area contributed by atoms with E-state index in [0.29, 0.717) is 24.7 Å². The molecule has 0 aromatic heterocycles. The van der Waals surface area contributed by atoms with Gasteiger partial charge in [0.1, 0.15) is 16.0 Å². The first-order valence-electron chi connectivity index (χ1n) is 7.92. The largest absolute Gasteiger partial charge is 0.494 e. The minimum Gasteiger partial charge on any atom is -0.494 e. The standard InChI is InChI=1S/C16H24Cl2NO4P/c1-4-7-12-19(13-16(17)18)24(20,22-6-3)23-15-10-8-14(9-11-15)21-5-2/h8-11,13H,4-7,12H2,1-3H3/t24-/m0/s1. The van der Waals surface area contributed by atoms with Crippen LogP contribution in [0.3, 0.4) is 0 Å². The third kappa shape index (κ3) is 6.94. The molecule has 0 heterocycles. The molecule has 0 N–H and O–H groups in total. The summed E-state index contributed by atoms with van der Waals surface area (Å²) in [5.74, 6) is 1.12. The number of nitrogens with zero attached hydrogens (tertiary/aromatic N) is 1. The van der Waals surface area contributed by atoms with Crippen LogP contribution in [0.25, 0.3) is 0 Å². The zero-order valence-electron chi connectivity index (χ0n) is 14.2. The van der Waals surface area contributed by atoms with Gasteiger partial charge in [0.25, 0.3) is 0 Å². The van der Waals surface area contributed by atoms with Gasteiger partial charge in [-0.3, -0.25) is 9.19 Å². The highest BCUT2D eigenvalue weighted by molar-refractivity contribution is 7.51. The van der Waals surface area contributed by atoms with Crippen LogP contribution in [0.1, 0.15) is 33.6 Å². The SMILES string of the molecule is CCCCN(C=C(Cl)Cl)[P@](=O)(OCC)Oc1ccc(OCC)cc1. The molecule has 0 aliphatic heterocycles. The fourth-order valence-electron chi connectivity index (χ4n) is 1.90. The van der Waals surface area contributed by atoms with Crippen LogP contribution in [-0.4, -0.2) is 24.4 Å². The molecule has 0 radical (unpaired) electrons. The average Bonchev–Trinajstić information content (AvgIpc) is 2.53. The van der Waals surface area contributed by atoms with Crippen molar-refractivity contribution in [2.45, 2.75) is 33.6 Å². The summed E-state index contributed by atoms with van der Waals surface area (Å²) in [7, 11) is -3.62. The Morgan fingerprint density at radius 1 is 1.12 bits per heavy atom. The molecule has 1 aromatic rings. The van der Waals surface area contributed by atoms with Crippen molar-refractivity contribution in [1.82, 2.24) is 4.67 Å². The summed E-state index contributed by atoms with van der Waals surface area (Å²) in [6, 6.07) is 6.85. The summed E-state index contributed by atoms with van der Waals surface area (Å²) in [4.78, 5) is 0. The fourth-order valence-corrected chi connectivity index (χ4v) is 3.94. The number of unbranched alkanes of at least 4 members (excludes halogenated alkanes) is 1. The highest BCUT2D eigenvalue weighted by atomic mass is 35.5. The van der Waals surface area contributed by atoms with Crippen molar-refractivity contribution < 1.29 is 18.3 Å². The fraction of sp³-hybridized carbons (Fsp3) is 0.500. The minimum atomic E-state index is -3.62. The Labute approximate surface area is 154 Å². The Morgan fingerprint density at radius 2 is 1.75 bits per heavy atom. The third-order valence-electron chi connectivity index (χ3n) is 2.95. The Bertz CT molecular complexity index is 562. The maximum absolute atomic E-state index is 13.2.